The number of nitrogens with zero attached hydrogens (tertiary/aromatic N) is 4. The van der Waals surface area contributed by atoms with Crippen molar-refractivity contribution in [1.82, 2.24) is 19.8 Å². The molecule has 1 aromatic rings. The normalized spacial score (nSPS) is 27.9. The molecule has 0 saturated carbocycles. The third-order valence-corrected chi connectivity index (χ3v) is 6.26. The molecule has 3 rings (SSSR count). The minimum Gasteiger partial charge on any atom is -0.341 e. The van der Waals surface area contributed by atoms with Gasteiger partial charge in [-0.05, 0) is 65.6 Å². The first-order valence-electron chi connectivity index (χ1n) is 9.16. The van der Waals surface area contributed by atoms with E-state index in [1.54, 1.807) is 0 Å². The van der Waals surface area contributed by atoms with Crippen LogP contribution in [0, 0.1) is 6.92 Å². The van der Waals surface area contributed by atoms with Crippen molar-refractivity contribution in [3.63, 3.8) is 0 Å². The average molecular weight is 330 g/mol. The number of aryl methyl sites for hydroxylation is 1. The summed E-state index contributed by atoms with van der Waals surface area (Å²) < 4.78 is 0. The van der Waals surface area contributed by atoms with Gasteiger partial charge in [-0.15, -0.1) is 0 Å². The highest BCUT2D eigenvalue weighted by Gasteiger charge is 2.44. The third kappa shape index (κ3) is 3.06. The van der Waals surface area contributed by atoms with Crippen molar-refractivity contribution >= 4 is 5.91 Å². The molecule has 5 nitrogen and oxygen atoms in total. The summed E-state index contributed by atoms with van der Waals surface area (Å²) in [5, 5.41) is 0. The molecule has 2 fully saturated rings. The predicted octanol–water partition coefficient (Wildman–Crippen LogP) is 2.54. The fraction of sp³-hybridized carbons (Fsp3) is 0.737. The molecule has 2 saturated heterocycles. The highest BCUT2D eigenvalue weighted by Crippen LogP contribution is 2.36. The molecule has 0 N–H and O–H groups in total. The molecule has 1 atom stereocenters. The summed E-state index contributed by atoms with van der Waals surface area (Å²) >= 11 is 0. The van der Waals surface area contributed by atoms with Gasteiger partial charge in [-0.25, -0.2) is 9.97 Å². The first kappa shape index (κ1) is 17.3. The molecule has 0 spiro atoms. The van der Waals surface area contributed by atoms with Crippen LogP contribution in [0.2, 0.25) is 0 Å². The molecule has 0 aromatic carbocycles. The number of carbonyl (C=O) groups is 1. The molecular formula is C19H30N4O. The van der Waals surface area contributed by atoms with E-state index in [9.17, 15) is 4.79 Å². The van der Waals surface area contributed by atoms with Gasteiger partial charge in [0.2, 0.25) is 5.91 Å². The monoisotopic (exact) mass is 330 g/mol. The van der Waals surface area contributed by atoms with Crippen LogP contribution in [0.5, 0.6) is 0 Å². The molecule has 2 aliphatic heterocycles. The zero-order valence-corrected chi connectivity index (χ0v) is 15.5. The molecule has 1 amide bonds. The Balaban J connectivity index is 1.69. The number of carbonyl (C=O) groups excluding carboxylic acids is 1. The van der Waals surface area contributed by atoms with Crippen LogP contribution in [-0.2, 0) is 10.2 Å². The van der Waals surface area contributed by atoms with E-state index in [0.717, 1.165) is 56.8 Å². The van der Waals surface area contributed by atoms with E-state index < -0.39 is 0 Å². The Morgan fingerprint density at radius 3 is 2.46 bits per heavy atom. The van der Waals surface area contributed by atoms with E-state index in [2.05, 4.69) is 40.7 Å². The molecule has 0 bridgehead atoms. The minimum absolute atomic E-state index is 0.0455. The van der Waals surface area contributed by atoms with Gasteiger partial charge in [0.15, 0.2) is 0 Å². The lowest BCUT2D eigenvalue weighted by Crippen LogP contribution is -2.60. The number of hydrogen-bond acceptors (Lipinski definition) is 4. The number of piperidine rings is 2. The molecule has 1 unspecified atom stereocenters. The largest absolute Gasteiger partial charge is 0.341 e. The molecule has 24 heavy (non-hydrogen) atoms. The summed E-state index contributed by atoms with van der Waals surface area (Å²) in [7, 11) is 2.09. The van der Waals surface area contributed by atoms with Crippen LogP contribution in [0.3, 0.4) is 0 Å². The highest BCUT2D eigenvalue weighted by atomic mass is 16.2. The second-order valence-corrected chi connectivity index (χ2v) is 7.99. The number of likely N-dealkylation sites (tertiary alicyclic amines) is 2. The zero-order chi connectivity index (χ0) is 17.4. The summed E-state index contributed by atoms with van der Waals surface area (Å²) in [5.41, 5.74) is 0.838. The van der Waals surface area contributed by atoms with Crippen molar-refractivity contribution < 1.29 is 4.79 Å². The number of likely N-dealkylation sites (N-methyl/N-ethyl adjacent to an activating group) is 1. The second kappa shape index (κ2) is 6.43. The lowest BCUT2D eigenvalue weighted by Gasteiger charge is -2.47. The van der Waals surface area contributed by atoms with E-state index in [1.165, 1.54) is 6.42 Å². The van der Waals surface area contributed by atoms with E-state index in [-0.39, 0.29) is 11.0 Å². The summed E-state index contributed by atoms with van der Waals surface area (Å²) in [4.78, 5) is 26.3. The fourth-order valence-corrected chi connectivity index (χ4v) is 4.12. The van der Waals surface area contributed by atoms with Crippen LogP contribution in [0.25, 0.3) is 0 Å². The van der Waals surface area contributed by atoms with Gasteiger partial charge in [0.25, 0.3) is 0 Å². The topological polar surface area (TPSA) is 49.3 Å². The quantitative estimate of drug-likeness (QED) is 0.836. The Morgan fingerprint density at radius 2 is 1.83 bits per heavy atom. The van der Waals surface area contributed by atoms with Crippen LogP contribution in [0.1, 0.15) is 57.5 Å². The van der Waals surface area contributed by atoms with Crippen LogP contribution in [-0.4, -0.2) is 57.9 Å². The van der Waals surface area contributed by atoms with E-state index >= 15 is 0 Å². The summed E-state index contributed by atoms with van der Waals surface area (Å²) in [5.74, 6) is 1.13. The number of hydrogen-bond donors (Lipinski definition) is 0. The molecule has 0 aliphatic carbocycles. The van der Waals surface area contributed by atoms with Crippen molar-refractivity contribution in [3.05, 3.63) is 23.8 Å². The van der Waals surface area contributed by atoms with Crippen molar-refractivity contribution in [3.8, 4) is 0 Å². The Morgan fingerprint density at radius 1 is 1.12 bits per heavy atom. The molecule has 3 heterocycles. The summed E-state index contributed by atoms with van der Waals surface area (Å²) in [6, 6.07) is 2.03. The van der Waals surface area contributed by atoms with E-state index in [0.29, 0.717) is 5.91 Å². The van der Waals surface area contributed by atoms with Gasteiger partial charge in [-0.2, -0.15) is 0 Å². The average Bonchev–Trinajstić information content (AvgIpc) is 2.58. The lowest BCUT2D eigenvalue weighted by molar-refractivity contribution is -0.146. The maximum absolute atomic E-state index is 13.1. The maximum Gasteiger partial charge on any atom is 0.242 e. The molecule has 2 aliphatic rings. The predicted molar refractivity (Wildman–Crippen MR) is 94.8 cm³/mol. The molecule has 1 aromatic heterocycles. The Bertz CT molecular complexity index is 609. The molecular weight excluding hydrogens is 300 g/mol. The van der Waals surface area contributed by atoms with Crippen LogP contribution in [0.15, 0.2) is 12.3 Å². The van der Waals surface area contributed by atoms with Crippen LogP contribution >= 0.6 is 0 Å². The first-order chi connectivity index (χ1) is 11.3. The Hall–Kier alpha value is -1.49. The molecule has 132 valence electrons. The SMILES string of the molecule is Cc1nccc(C2(C)CCN(C(=O)C3(C)CCCCN3C)CC2)n1. The van der Waals surface area contributed by atoms with Crippen LogP contribution < -0.4 is 0 Å². The first-order valence-corrected chi connectivity index (χ1v) is 9.16. The van der Waals surface area contributed by atoms with Crippen LogP contribution in [0.4, 0.5) is 0 Å². The summed E-state index contributed by atoms with van der Waals surface area (Å²) in [6.07, 6.45) is 7.10. The second-order valence-electron chi connectivity index (χ2n) is 7.99. The van der Waals surface area contributed by atoms with Gasteiger partial charge in [-0.3, -0.25) is 9.69 Å². The molecule has 0 radical (unpaired) electrons. The number of aromatic nitrogens is 2. The zero-order valence-electron chi connectivity index (χ0n) is 15.5. The Kier molecular flexibility index (Phi) is 4.65. The number of rotatable bonds is 2. The van der Waals surface area contributed by atoms with E-state index in [4.69, 9.17) is 0 Å². The van der Waals surface area contributed by atoms with Gasteiger partial charge in [-0.1, -0.05) is 6.92 Å². The third-order valence-electron chi connectivity index (χ3n) is 6.26. The van der Waals surface area contributed by atoms with Crippen molar-refractivity contribution in [2.45, 2.75) is 63.8 Å². The van der Waals surface area contributed by atoms with Gasteiger partial charge in [0.1, 0.15) is 5.82 Å². The smallest absolute Gasteiger partial charge is 0.242 e. The standard InChI is InChI=1S/C19H30N4O/c1-15-20-11-7-16(21-15)18(2)9-13-23(14-10-18)17(24)19(3)8-5-6-12-22(19)4/h7,11H,5-6,8-10,12-14H2,1-4H3. The van der Waals surface area contributed by atoms with Crippen molar-refractivity contribution in [2.75, 3.05) is 26.7 Å². The lowest BCUT2D eigenvalue weighted by atomic mass is 9.76. The van der Waals surface area contributed by atoms with Gasteiger partial charge in [0.05, 0.1) is 11.2 Å². The summed E-state index contributed by atoms with van der Waals surface area (Å²) in [6.45, 7) is 8.99. The fourth-order valence-electron chi connectivity index (χ4n) is 4.12. The van der Waals surface area contributed by atoms with Gasteiger partial charge < -0.3 is 4.90 Å². The maximum atomic E-state index is 13.1. The van der Waals surface area contributed by atoms with Crippen molar-refractivity contribution in [2.24, 2.45) is 0 Å². The number of amides is 1. The molecule has 5 heteroatoms. The Labute approximate surface area is 145 Å². The van der Waals surface area contributed by atoms with Gasteiger partial charge in [0, 0.05) is 24.7 Å². The van der Waals surface area contributed by atoms with Gasteiger partial charge >= 0.3 is 0 Å². The van der Waals surface area contributed by atoms with E-state index in [1.807, 2.05) is 19.2 Å². The minimum atomic E-state index is -0.322. The van der Waals surface area contributed by atoms with Crippen molar-refractivity contribution in [1.29, 1.82) is 0 Å². The highest BCUT2D eigenvalue weighted by molar-refractivity contribution is 5.86.